The van der Waals surface area contributed by atoms with Crippen LogP contribution in [0.15, 0.2) is 30.5 Å². The third kappa shape index (κ3) is 1.77. The molecule has 0 fully saturated rings. The van der Waals surface area contributed by atoms with Crippen LogP contribution in [-0.2, 0) is 0 Å². The van der Waals surface area contributed by atoms with Gasteiger partial charge in [0.15, 0.2) is 0 Å². The van der Waals surface area contributed by atoms with Crippen molar-refractivity contribution in [2.75, 3.05) is 0 Å². The summed E-state index contributed by atoms with van der Waals surface area (Å²) in [6.07, 6.45) is 1.12. The summed E-state index contributed by atoms with van der Waals surface area (Å²) < 4.78 is 14.1. The second-order valence-corrected chi connectivity index (χ2v) is 3.40. The van der Waals surface area contributed by atoms with Crippen molar-refractivity contribution < 1.29 is 14.3 Å². The summed E-state index contributed by atoms with van der Waals surface area (Å²) in [6, 6.07) is 5.56. The number of hydrogen-bond donors (Lipinski definition) is 1. The molecule has 0 spiro atoms. The molecule has 6 heteroatoms. The fraction of sp³-hybridized carbons (Fsp3) is 0. The Morgan fingerprint density at radius 3 is 2.81 bits per heavy atom. The van der Waals surface area contributed by atoms with Crippen molar-refractivity contribution in [1.82, 2.24) is 9.78 Å². The molecule has 0 saturated heterocycles. The van der Waals surface area contributed by atoms with Crippen molar-refractivity contribution in [3.8, 4) is 5.69 Å². The summed E-state index contributed by atoms with van der Waals surface area (Å²) in [5.74, 6) is -1.62. The zero-order valence-electron chi connectivity index (χ0n) is 7.89. The Balaban J connectivity index is 2.53. The van der Waals surface area contributed by atoms with Gasteiger partial charge in [0.05, 0.1) is 11.9 Å². The molecule has 1 N–H and O–H groups in total. The maximum atomic E-state index is 12.9. The molecule has 1 heterocycles. The predicted octanol–water partition coefficient (Wildman–Crippen LogP) is 2.36. The van der Waals surface area contributed by atoms with Gasteiger partial charge in [0.2, 0.25) is 0 Å². The molecule has 1 aromatic carbocycles. The highest BCUT2D eigenvalue weighted by Crippen LogP contribution is 2.20. The van der Waals surface area contributed by atoms with Crippen LogP contribution in [0.3, 0.4) is 0 Å². The van der Waals surface area contributed by atoms with Crippen molar-refractivity contribution >= 4 is 17.6 Å². The molecule has 2 aromatic rings. The first kappa shape index (κ1) is 10.6. The first-order valence-electron chi connectivity index (χ1n) is 4.32. The lowest BCUT2D eigenvalue weighted by Crippen LogP contribution is -1.99. The van der Waals surface area contributed by atoms with E-state index in [9.17, 15) is 9.18 Å². The summed E-state index contributed by atoms with van der Waals surface area (Å²) >= 11 is 5.80. The van der Waals surface area contributed by atoms with Crippen molar-refractivity contribution in [3.05, 3.63) is 47.0 Å². The summed E-state index contributed by atoms with van der Waals surface area (Å²) in [4.78, 5) is 10.7. The minimum absolute atomic E-state index is 0.0573. The highest BCUT2D eigenvalue weighted by molar-refractivity contribution is 6.32. The second-order valence-electron chi connectivity index (χ2n) is 3.05. The smallest absolute Gasteiger partial charge is 0.340 e. The summed E-state index contributed by atoms with van der Waals surface area (Å²) in [5.41, 5.74) is 0.253. The van der Waals surface area contributed by atoms with Crippen LogP contribution in [0, 0.1) is 5.82 Å². The van der Waals surface area contributed by atoms with Gasteiger partial charge >= 0.3 is 5.97 Å². The minimum atomic E-state index is -1.17. The topological polar surface area (TPSA) is 55.1 Å². The summed E-state index contributed by atoms with van der Waals surface area (Å²) in [6.45, 7) is 0. The van der Waals surface area contributed by atoms with Gasteiger partial charge in [-0.25, -0.2) is 13.9 Å². The minimum Gasteiger partial charge on any atom is -0.478 e. The molecular formula is C10H6ClFN2O2. The molecule has 0 atom stereocenters. The fourth-order valence-corrected chi connectivity index (χ4v) is 1.54. The molecule has 0 aliphatic rings. The third-order valence-electron chi connectivity index (χ3n) is 1.99. The Morgan fingerprint density at radius 2 is 2.25 bits per heavy atom. The number of aromatic nitrogens is 2. The van der Waals surface area contributed by atoms with E-state index in [-0.39, 0.29) is 10.7 Å². The molecule has 4 nitrogen and oxygen atoms in total. The predicted molar refractivity (Wildman–Crippen MR) is 55.5 cm³/mol. The van der Waals surface area contributed by atoms with Crippen LogP contribution in [0.2, 0.25) is 5.15 Å². The van der Waals surface area contributed by atoms with Crippen LogP contribution >= 0.6 is 11.6 Å². The molecule has 0 aliphatic carbocycles. The summed E-state index contributed by atoms with van der Waals surface area (Å²) in [7, 11) is 0. The standard InChI is InChI=1S/C10H6ClFN2O2/c11-9-8(10(15)16)5-13-14(9)7-3-1-2-6(12)4-7/h1-5H,(H,15,16). The number of carbonyl (C=O) groups is 1. The quantitative estimate of drug-likeness (QED) is 0.877. The van der Waals surface area contributed by atoms with Crippen LogP contribution in [0.5, 0.6) is 0 Å². The average molecular weight is 241 g/mol. The van der Waals surface area contributed by atoms with E-state index in [0.717, 1.165) is 10.9 Å². The van der Waals surface area contributed by atoms with Gasteiger partial charge in [-0.2, -0.15) is 5.10 Å². The maximum Gasteiger partial charge on any atom is 0.340 e. The number of rotatable bonds is 2. The second kappa shape index (κ2) is 3.94. The van der Waals surface area contributed by atoms with Crippen LogP contribution in [0.25, 0.3) is 5.69 Å². The first-order valence-corrected chi connectivity index (χ1v) is 4.70. The van der Waals surface area contributed by atoms with E-state index in [4.69, 9.17) is 16.7 Å². The molecule has 2 rings (SSSR count). The van der Waals surface area contributed by atoms with Gasteiger partial charge in [-0.3, -0.25) is 0 Å². The van der Waals surface area contributed by atoms with Gasteiger partial charge in [0.1, 0.15) is 16.5 Å². The lowest BCUT2D eigenvalue weighted by molar-refractivity contribution is 0.0697. The van der Waals surface area contributed by atoms with Crippen molar-refractivity contribution in [1.29, 1.82) is 0 Å². The Hall–Kier alpha value is -1.88. The van der Waals surface area contributed by atoms with E-state index in [1.807, 2.05) is 0 Å². The van der Waals surface area contributed by atoms with Crippen molar-refractivity contribution in [3.63, 3.8) is 0 Å². The van der Waals surface area contributed by atoms with Gasteiger partial charge in [-0.1, -0.05) is 17.7 Å². The molecule has 0 bridgehead atoms. The number of benzene rings is 1. The van der Waals surface area contributed by atoms with E-state index in [1.165, 1.54) is 18.2 Å². The zero-order chi connectivity index (χ0) is 11.7. The first-order chi connectivity index (χ1) is 7.59. The Kier molecular flexibility index (Phi) is 2.62. The molecule has 0 aliphatic heterocycles. The Bertz CT molecular complexity index is 554. The Labute approximate surface area is 94.9 Å². The van der Waals surface area contributed by atoms with Crippen LogP contribution in [-0.4, -0.2) is 20.9 Å². The molecule has 0 saturated carbocycles. The molecular weight excluding hydrogens is 235 g/mol. The maximum absolute atomic E-state index is 12.9. The molecule has 82 valence electrons. The van der Waals surface area contributed by atoms with E-state index < -0.39 is 11.8 Å². The normalized spacial score (nSPS) is 10.4. The SMILES string of the molecule is O=C(O)c1cnn(-c2cccc(F)c2)c1Cl. The van der Waals surface area contributed by atoms with E-state index in [2.05, 4.69) is 5.10 Å². The monoisotopic (exact) mass is 240 g/mol. The number of aromatic carboxylic acids is 1. The van der Waals surface area contributed by atoms with Gasteiger partial charge in [0.25, 0.3) is 0 Å². The van der Waals surface area contributed by atoms with Crippen molar-refractivity contribution in [2.45, 2.75) is 0 Å². The number of hydrogen-bond acceptors (Lipinski definition) is 2. The molecule has 0 unspecified atom stereocenters. The largest absolute Gasteiger partial charge is 0.478 e. The third-order valence-corrected chi connectivity index (χ3v) is 2.36. The van der Waals surface area contributed by atoms with E-state index in [1.54, 1.807) is 6.07 Å². The number of halogens is 2. The van der Waals surface area contributed by atoms with Crippen LogP contribution in [0.1, 0.15) is 10.4 Å². The molecule has 1 aromatic heterocycles. The van der Waals surface area contributed by atoms with Gasteiger partial charge < -0.3 is 5.11 Å². The lowest BCUT2D eigenvalue weighted by Gasteiger charge is -2.02. The zero-order valence-corrected chi connectivity index (χ0v) is 8.65. The van der Waals surface area contributed by atoms with Crippen molar-refractivity contribution in [2.24, 2.45) is 0 Å². The van der Waals surface area contributed by atoms with Gasteiger partial charge in [0, 0.05) is 0 Å². The number of carboxylic acid groups (broad SMARTS) is 1. The highest BCUT2D eigenvalue weighted by atomic mass is 35.5. The molecule has 0 radical (unpaired) electrons. The van der Waals surface area contributed by atoms with Crippen LogP contribution < -0.4 is 0 Å². The Morgan fingerprint density at radius 1 is 1.50 bits per heavy atom. The van der Waals surface area contributed by atoms with E-state index >= 15 is 0 Å². The van der Waals surface area contributed by atoms with Gasteiger partial charge in [-0.15, -0.1) is 0 Å². The number of carboxylic acids is 1. The van der Waals surface area contributed by atoms with Gasteiger partial charge in [-0.05, 0) is 18.2 Å². The summed E-state index contributed by atoms with van der Waals surface area (Å²) in [5, 5.41) is 12.5. The highest BCUT2D eigenvalue weighted by Gasteiger charge is 2.15. The fourth-order valence-electron chi connectivity index (χ4n) is 1.26. The number of nitrogens with zero attached hydrogens (tertiary/aromatic N) is 2. The lowest BCUT2D eigenvalue weighted by atomic mass is 10.3. The molecule has 0 amide bonds. The van der Waals surface area contributed by atoms with E-state index in [0.29, 0.717) is 5.69 Å². The van der Waals surface area contributed by atoms with Crippen LogP contribution in [0.4, 0.5) is 4.39 Å². The molecule has 16 heavy (non-hydrogen) atoms. The average Bonchev–Trinajstić information content (AvgIpc) is 2.60.